The Morgan fingerprint density at radius 1 is 0.433 bits per heavy atom. The number of hydrogen-bond donors (Lipinski definition) is 0. The molecule has 1 aliphatic rings. The number of thiophene rings is 1. The third kappa shape index (κ3) is 6.57. The summed E-state index contributed by atoms with van der Waals surface area (Å²) in [4.78, 5) is 12.9. The summed E-state index contributed by atoms with van der Waals surface area (Å²) in [6.07, 6.45) is 8.84. The number of para-hydroxylation sites is 1. The average Bonchev–Trinajstić information content (AvgIpc) is 3.71. The van der Waals surface area contributed by atoms with Crippen LogP contribution in [0.2, 0.25) is 0 Å². The lowest BCUT2D eigenvalue weighted by Gasteiger charge is -2.26. The lowest BCUT2D eigenvalue weighted by Crippen LogP contribution is -2.09. The first-order valence-electron chi connectivity index (χ1n) is 20.6. The number of hydrogen-bond acceptors (Lipinski definition) is 4. The van der Waals surface area contributed by atoms with E-state index in [1.54, 1.807) is 0 Å². The van der Waals surface area contributed by atoms with Crippen LogP contribution in [0.25, 0.3) is 81.4 Å². The fraction of sp³-hybridized carbons (Fsp3) is 0.0357. The number of nitrogens with zero attached hydrogens (tertiary/aromatic N) is 3. The summed E-state index contributed by atoms with van der Waals surface area (Å²) in [5.74, 6) is 0.741. The summed E-state index contributed by atoms with van der Waals surface area (Å²) >= 11 is 1.84. The van der Waals surface area contributed by atoms with E-state index >= 15 is 0 Å². The topological polar surface area (TPSA) is 29.0 Å². The zero-order chi connectivity index (χ0) is 39.8. The molecule has 284 valence electrons. The first-order chi connectivity index (χ1) is 29.7. The predicted octanol–water partition coefficient (Wildman–Crippen LogP) is 15.9. The van der Waals surface area contributed by atoms with E-state index in [2.05, 4.69) is 217 Å². The van der Waals surface area contributed by atoms with Crippen molar-refractivity contribution in [2.24, 2.45) is 0 Å². The van der Waals surface area contributed by atoms with Gasteiger partial charge in [-0.25, -0.2) is 9.97 Å². The maximum atomic E-state index is 5.31. The van der Waals surface area contributed by atoms with Gasteiger partial charge in [0.2, 0.25) is 0 Å². The molecule has 0 N–H and O–H groups in total. The fourth-order valence-corrected chi connectivity index (χ4v) is 9.78. The smallest absolute Gasteiger partial charge is 0.161 e. The highest BCUT2D eigenvalue weighted by Gasteiger charge is 2.20. The van der Waals surface area contributed by atoms with E-state index in [0.29, 0.717) is 0 Å². The maximum Gasteiger partial charge on any atom is 0.161 e. The van der Waals surface area contributed by atoms with E-state index in [1.807, 2.05) is 11.3 Å². The normalized spacial score (nSPS) is 12.6. The Kier molecular flexibility index (Phi) is 9.18. The van der Waals surface area contributed by atoms with Crippen LogP contribution in [-0.4, -0.2) is 9.97 Å². The Hall–Kier alpha value is -7.40. The van der Waals surface area contributed by atoms with E-state index in [-0.39, 0.29) is 0 Å². The number of rotatable bonds is 8. The molecular weight excluding hydrogens is 747 g/mol. The molecule has 10 aromatic rings. The fourth-order valence-electron chi connectivity index (χ4n) is 8.61. The molecule has 8 aromatic carbocycles. The Morgan fingerprint density at radius 3 is 1.72 bits per heavy atom. The lowest BCUT2D eigenvalue weighted by atomic mass is 9.94. The summed E-state index contributed by atoms with van der Waals surface area (Å²) in [5.41, 5.74) is 14.6. The van der Waals surface area contributed by atoms with Gasteiger partial charge in [0, 0.05) is 48.2 Å². The molecule has 2 heterocycles. The van der Waals surface area contributed by atoms with Gasteiger partial charge in [-0.15, -0.1) is 11.3 Å². The highest BCUT2D eigenvalue weighted by atomic mass is 32.1. The number of anilines is 3. The van der Waals surface area contributed by atoms with Gasteiger partial charge < -0.3 is 4.90 Å². The van der Waals surface area contributed by atoms with Gasteiger partial charge in [0.15, 0.2) is 5.82 Å². The van der Waals surface area contributed by atoms with Crippen LogP contribution < -0.4 is 4.90 Å². The molecule has 3 nitrogen and oxygen atoms in total. The molecule has 0 unspecified atom stereocenters. The minimum atomic E-state index is 0.741. The lowest BCUT2D eigenvalue weighted by molar-refractivity contribution is 1.04. The second-order valence-electron chi connectivity index (χ2n) is 15.2. The van der Waals surface area contributed by atoms with Crippen LogP contribution in [0, 0.1) is 0 Å². The zero-order valence-corrected chi connectivity index (χ0v) is 33.7. The van der Waals surface area contributed by atoms with Gasteiger partial charge in [0.05, 0.1) is 11.2 Å². The highest BCUT2D eigenvalue weighted by molar-refractivity contribution is 7.26. The molecule has 0 radical (unpaired) electrons. The molecule has 0 saturated heterocycles. The maximum absolute atomic E-state index is 5.31. The van der Waals surface area contributed by atoms with Crippen LogP contribution in [0.5, 0.6) is 0 Å². The van der Waals surface area contributed by atoms with E-state index < -0.39 is 0 Å². The molecule has 1 aliphatic carbocycles. The van der Waals surface area contributed by atoms with Crippen molar-refractivity contribution < 1.29 is 0 Å². The largest absolute Gasteiger partial charge is 0.310 e. The summed E-state index contributed by atoms with van der Waals surface area (Å²) in [6, 6.07) is 69.6. The molecule has 0 spiro atoms. The first-order valence-corrected chi connectivity index (χ1v) is 21.4. The number of benzene rings is 8. The van der Waals surface area contributed by atoms with Crippen molar-refractivity contribution in [2.45, 2.75) is 12.8 Å². The van der Waals surface area contributed by atoms with Crippen LogP contribution in [0.1, 0.15) is 18.5 Å². The molecule has 0 bridgehead atoms. The Balaban J connectivity index is 1.03. The summed E-state index contributed by atoms with van der Waals surface area (Å²) in [6.45, 7) is 0. The highest BCUT2D eigenvalue weighted by Crippen LogP contribution is 2.45. The van der Waals surface area contributed by atoms with Gasteiger partial charge in [-0.05, 0) is 100 Å². The molecule has 2 aromatic heterocycles. The van der Waals surface area contributed by atoms with E-state index in [4.69, 9.17) is 9.97 Å². The van der Waals surface area contributed by atoms with Gasteiger partial charge in [-0.2, -0.15) is 0 Å². The monoisotopic (exact) mass is 785 g/mol. The second-order valence-corrected chi connectivity index (χ2v) is 16.3. The van der Waals surface area contributed by atoms with Crippen molar-refractivity contribution in [1.29, 1.82) is 0 Å². The van der Waals surface area contributed by atoms with Gasteiger partial charge in [-0.1, -0.05) is 164 Å². The van der Waals surface area contributed by atoms with Crippen LogP contribution in [0.15, 0.2) is 212 Å². The minimum Gasteiger partial charge on any atom is -0.310 e. The minimum absolute atomic E-state index is 0.741. The molecule has 0 aliphatic heterocycles. The van der Waals surface area contributed by atoms with E-state index in [1.165, 1.54) is 48.0 Å². The van der Waals surface area contributed by atoms with Gasteiger partial charge in [0.1, 0.15) is 0 Å². The molecule has 0 atom stereocenters. The van der Waals surface area contributed by atoms with Gasteiger partial charge in [0.25, 0.3) is 0 Å². The van der Waals surface area contributed by atoms with Crippen molar-refractivity contribution >= 4 is 65.0 Å². The third-order valence-corrected chi connectivity index (χ3v) is 12.7. The Labute approximate surface area is 353 Å². The molecule has 0 fully saturated rings. The van der Waals surface area contributed by atoms with Crippen molar-refractivity contribution in [3.8, 4) is 44.8 Å². The molecule has 60 heavy (non-hydrogen) atoms. The van der Waals surface area contributed by atoms with Gasteiger partial charge >= 0.3 is 0 Å². The van der Waals surface area contributed by atoms with Crippen molar-refractivity contribution in [3.63, 3.8) is 0 Å². The molecular formula is C56H39N3S. The number of aromatic nitrogens is 2. The molecule has 4 heteroatoms. The average molecular weight is 786 g/mol. The zero-order valence-electron chi connectivity index (χ0n) is 32.9. The van der Waals surface area contributed by atoms with Gasteiger partial charge in [-0.3, -0.25) is 0 Å². The van der Waals surface area contributed by atoms with Crippen LogP contribution >= 0.6 is 11.3 Å². The standard InChI is InChI=1S/C56H39N3S/c1-4-15-38(16-5-1)40-27-31-43(32-28-40)59(44-33-29-41(30-34-44)39-17-6-2-7-18-39)45-35-36-50-53(37-45)60-52-26-14-24-47(54(50)52)46-21-10-11-22-48(46)56-57-51-25-13-12-23-49(51)55(58-56)42-19-8-3-9-20-42/h1-2,4-8,10-37H,3,9H2. The SMILES string of the molecule is C1=CC(c2nc(-c3ccccc3-c3cccc4sc5cc(N(c6ccc(-c7ccccc7)cc6)c6ccc(-c7ccccc7)cc6)ccc5c34)nc3ccccc23)=CCC1. The second kappa shape index (κ2) is 15.4. The third-order valence-electron chi connectivity index (χ3n) is 11.5. The first kappa shape index (κ1) is 35.7. The number of allylic oxidation sites excluding steroid dienone is 4. The molecule has 0 amide bonds. The van der Waals surface area contributed by atoms with Crippen molar-refractivity contribution in [3.05, 3.63) is 218 Å². The van der Waals surface area contributed by atoms with Crippen LogP contribution in [-0.2, 0) is 0 Å². The van der Waals surface area contributed by atoms with Crippen LogP contribution in [0.4, 0.5) is 17.1 Å². The van der Waals surface area contributed by atoms with Crippen molar-refractivity contribution in [1.82, 2.24) is 9.97 Å². The molecule has 0 saturated carbocycles. The van der Waals surface area contributed by atoms with Crippen molar-refractivity contribution in [2.75, 3.05) is 4.90 Å². The molecule has 11 rings (SSSR count). The predicted molar refractivity (Wildman–Crippen MR) is 255 cm³/mol. The summed E-state index contributed by atoms with van der Waals surface area (Å²) in [5, 5.41) is 3.56. The quantitative estimate of drug-likeness (QED) is 0.154. The van der Waals surface area contributed by atoms with E-state index in [9.17, 15) is 0 Å². The summed E-state index contributed by atoms with van der Waals surface area (Å²) < 4.78 is 2.48. The number of fused-ring (bicyclic) bond motifs is 4. The Bertz CT molecular complexity index is 3150. The Morgan fingerprint density at radius 2 is 1.03 bits per heavy atom. The van der Waals surface area contributed by atoms with Crippen LogP contribution in [0.3, 0.4) is 0 Å². The van der Waals surface area contributed by atoms with E-state index in [0.717, 1.165) is 69.0 Å². The summed E-state index contributed by atoms with van der Waals surface area (Å²) in [7, 11) is 0.